The molecule has 0 radical (unpaired) electrons. The molecule has 0 aromatic heterocycles. The van der Waals surface area contributed by atoms with Gasteiger partial charge in [0.25, 0.3) is 16.8 Å². The molecule has 14 heteroatoms. The summed E-state index contributed by atoms with van der Waals surface area (Å²) in [4.78, 5) is 35.5. The van der Waals surface area contributed by atoms with Crippen LogP contribution in [0.2, 0.25) is 0 Å². The molecule has 1 amide bonds. The maximum atomic E-state index is 12.3. The number of anilines is 1. The van der Waals surface area contributed by atoms with E-state index in [2.05, 4.69) is 10.6 Å². The number of ether oxygens (including phenoxy) is 5. The summed E-state index contributed by atoms with van der Waals surface area (Å²) in [5.41, 5.74) is 0.201. The Morgan fingerprint density at radius 2 is 1.60 bits per heavy atom. The van der Waals surface area contributed by atoms with Gasteiger partial charge < -0.3 is 54.7 Å². The molecule has 3 rings (SSSR count). The van der Waals surface area contributed by atoms with Gasteiger partial charge in [-0.1, -0.05) is 12.1 Å². The minimum Gasteiger partial charge on any atom is -0.488 e. The van der Waals surface area contributed by atoms with Crippen molar-refractivity contribution < 1.29 is 48.9 Å². The molecule has 0 aliphatic carbocycles. The number of rotatable bonds is 17. The highest BCUT2D eigenvalue weighted by molar-refractivity contribution is 5.94. The Bertz CT molecular complexity index is 1130. The van der Waals surface area contributed by atoms with E-state index in [0.29, 0.717) is 12.1 Å². The Hall–Kier alpha value is -2.95. The van der Waals surface area contributed by atoms with E-state index in [9.17, 15) is 29.7 Å². The normalized spacial score (nSPS) is 22.8. The smallest absolute Gasteiger partial charge is 0.272 e. The number of aliphatic hydroxyl groups excluding tert-OH is 4. The Labute approximate surface area is 230 Å². The molecule has 1 aliphatic heterocycles. The number of carbonyl (C=O) groups is 1. The fourth-order valence-electron chi connectivity index (χ4n) is 3.87. The summed E-state index contributed by atoms with van der Waals surface area (Å²) in [6.45, 7) is 3.04. The van der Waals surface area contributed by atoms with Gasteiger partial charge in [-0.25, -0.2) is 0 Å². The molecular weight excluding hydrogens is 532 g/mol. The molecule has 1 heterocycles. The van der Waals surface area contributed by atoms with Crippen molar-refractivity contribution in [3.63, 3.8) is 0 Å². The van der Waals surface area contributed by atoms with Crippen LogP contribution in [-0.2, 0) is 25.5 Å². The van der Waals surface area contributed by atoms with Gasteiger partial charge in [0.05, 0.1) is 46.2 Å². The van der Waals surface area contributed by atoms with Crippen LogP contribution < -0.4 is 26.2 Å². The Kier molecular flexibility index (Phi) is 12.4. The molecule has 1 aliphatic rings. The molecule has 0 bridgehead atoms. The summed E-state index contributed by atoms with van der Waals surface area (Å²) in [5.74, 6) is -0.219. The summed E-state index contributed by atoms with van der Waals surface area (Å²) < 4.78 is 26.5. The van der Waals surface area contributed by atoms with Gasteiger partial charge in [0.1, 0.15) is 30.1 Å². The van der Waals surface area contributed by atoms with Crippen LogP contribution in [0.5, 0.6) is 5.75 Å². The van der Waals surface area contributed by atoms with Gasteiger partial charge in [-0.15, -0.1) is 0 Å². The van der Waals surface area contributed by atoms with E-state index in [1.807, 2.05) is 0 Å². The van der Waals surface area contributed by atoms with Crippen molar-refractivity contribution in [1.29, 1.82) is 0 Å². The fourth-order valence-corrected chi connectivity index (χ4v) is 3.87. The lowest BCUT2D eigenvalue weighted by Gasteiger charge is -2.39. The molecule has 1 saturated heterocycles. The molecule has 14 nitrogen and oxygen atoms in total. The standard InChI is InChI=1S/C26H36N2O12/c1-2-38-24-18(20(31)22(24)33)28-13-15-3-5-16(6-4-15)25(35)27-7-8-36-9-10-37-11-12-39-26-23(34)21(32)19(30)17(14-29)40-26/h3-6,17,19,21,23,26,28-30,32,34H,2,7-14H2,1H3,(H,27,35). The largest absolute Gasteiger partial charge is 0.488 e. The van der Waals surface area contributed by atoms with Crippen LogP contribution in [0.1, 0.15) is 22.8 Å². The molecule has 1 fully saturated rings. The van der Waals surface area contributed by atoms with Crippen LogP contribution in [0.4, 0.5) is 5.69 Å². The first-order chi connectivity index (χ1) is 19.3. The highest BCUT2D eigenvalue weighted by Gasteiger charge is 2.43. The van der Waals surface area contributed by atoms with Crippen LogP contribution in [0.3, 0.4) is 0 Å². The molecular formula is C26H36N2O12. The van der Waals surface area contributed by atoms with E-state index in [1.165, 1.54) is 0 Å². The quantitative estimate of drug-likeness (QED) is 0.0893. The predicted octanol–water partition coefficient (Wildman–Crippen LogP) is -2.13. The Morgan fingerprint density at radius 3 is 2.27 bits per heavy atom. The van der Waals surface area contributed by atoms with Gasteiger partial charge >= 0.3 is 0 Å². The number of hydrogen-bond donors (Lipinski definition) is 6. The molecule has 5 atom stereocenters. The van der Waals surface area contributed by atoms with Gasteiger partial charge in [-0.2, -0.15) is 0 Å². The molecule has 2 aromatic carbocycles. The monoisotopic (exact) mass is 568 g/mol. The minimum atomic E-state index is -1.50. The van der Waals surface area contributed by atoms with Gasteiger partial charge in [-0.3, -0.25) is 14.4 Å². The van der Waals surface area contributed by atoms with E-state index < -0.39 is 48.2 Å². The van der Waals surface area contributed by atoms with E-state index in [-0.39, 0.29) is 63.5 Å². The van der Waals surface area contributed by atoms with Gasteiger partial charge in [-0.05, 0) is 24.6 Å². The average Bonchev–Trinajstić information content (AvgIpc) is 2.97. The second kappa shape index (κ2) is 15.7. The first kappa shape index (κ1) is 31.6. The lowest BCUT2D eigenvalue weighted by atomic mass is 9.99. The van der Waals surface area contributed by atoms with Crippen molar-refractivity contribution in [1.82, 2.24) is 5.32 Å². The van der Waals surface area contributed by atoms with Crippen LogP contribution in [0.15, 0.2) is 33.9 Å². The fraction of sp³-hybridized carbons (Fsp3) is 0.577. The SMILES string of the molecule is CCOc1c(NCc2ccc(C(=O)NCCOCCOCCOC3OC(CO)C(O)C(O)C3O)cc2)c(=O)c1=O. The second-order valence-electron chi connectivity index (χ2n) is 8.89. The number of amides is 1. The predicted molar refractivity (Wildman–Crippen MR) is 140 cm³/mol. The Balaban J connectivity index is 1.23. The molecule has 0 spiro atoms. The number of hydrogen-bond acceptors (Lipinski definition) is 13. The maximum Gasteiger partial charge on any atom is 0.272 e. The van der Waals surface area contributed by atoms with Crippen molar-refractivity contribution in [2.24, 2.45) is 0 Å². The van der Waals surface area contributed by atoms with Crippen LogP contribution in [0, 0.1) is 0 Å². The second-order valence-corrected chi connectivity index (χ2v) is 8.89. The highest BCUT2D eigenvalue weighted by Crippen LogP contribution is 2.22. The van der Waals surface area contributed by atoms with Crippen molar-refractivity contribution in [2.75, 3.05) is 58.1 Å². The van der Waals surface area contributed by atoms with Crippen molar-refractivity contribution >= 4 is 11.6 Å². The lowest BCUT2D eigenvalue weighted by molar-refractivity contribution is -0.302. The van der Waals surface area contributed by atoms with E-state index in [1.54, 1.807) is 31.2 Å². The average molecular weight is 569 g/mol. The van der Waals surface area contributed by atoms with Crippen LogP contribution in [0.25, 0.3) is 0 Å². The summed E-state index contributed by atoms with van der Waals surface area (Å²) in [6.07, 6.45) is -6.65. The third kappa shape index (κ3) is 8.28. The van der Waals surface area contributed by atoms with Crippen LogP contribution in [-0.4, -0.2) is 110 Å². The lowest BCUT2D eigenvalue weighted by Crippen LogP contribution is -2.59. The van der Waals surface area contributed by atoms with Crippen molar-refractivity contribution in [3.05, 3.63) is 55.8 Å². The number of carbonyl (C=O) groups excluding carboxylic acids is 1. The van der Waals surface area contributed by atoms with Crippen molar-refractivity contribution in [2.45, 2.75) is 44.2 Å². The summed E-state index contributed by atoms with van der Waals surface area (Å²) in [7, 11) is 0. The zero-order chi connectivity index (χ0) is 29.1. The summed E-state index contributed by atoms with van der Waals surface area (Å²) >= 11 is 0. The van der Waals surface area contributed by atoms with Gasteiger partial charge in [0, 0.05) is 18.7 Å². The highest BCUT2D eigenvalue weighted by atomic mass is 16.7. The maximum absolute atomic E-state index is 12.3. The number of aliphatic hydroxyl groups is 4. The molecule has 0 saturated carbocycles. The molecule has 5 unspecified atom stereocenters. The summed E-state index contributed by atoms with van der Waals surface area (Å²) in [6, 6.07) is 6.78. The topological polar surface area (TPSA) is 202 Å². The van der Waals surface area contributed by atoms with E-state index in [0.717, 1.165) is 5.56 Å². The molecule has 40 heavy (non-hydrogen) atoms. The van der Waals surface area contributed by atoms with Crippen molar-refractivity contribution in [3.8, 4) is 5.75 Å². The molecule has 2 aromatic rings. The van der Waals surface area contributed by atoms with E-state index >= 15 is 0 Å². The zero-order valence-electron chi connectivity index (χ0n) is 22.1. The summed E-state index contributed by atoms with van der Waals surface area (Å²) in [5, 5.41) is 44.2. The zero-order valence-corrected chi connectivity index (χ0v) is 22.1. The third-order valence-electron chi connectivity index (χ3n) is 6.10. The van der Waals surface area contributed by atoms with Gasteiger partial charge in [0.15, 0.2) is 12.0 Å². The van der Waals surface area contributed by atoms with Crippen LogP contribution >= 0.6 is 0 Å². The molecule has 6 N–H and O–H groups in total. The molecule has 222 valence electrons. The van der Waals surface area contributed by atoms with E-state index in [4.69, 9.17) is 28.8 Å². The van der Waals surface area contributed by atoms with Gasteiger partial charge in [0.2, 0.25) is 0 Å². The third-order valence-corrected chi connectivity index (χ3v) is 6.10. The minimum absolute atomic E-state index is 0.0393. The number of nitrogens with one attached hydrogen (secondary N) is 2. The first-order valence-electron chi connectivity index (χ1n) is 12.9. The first-order valence-corrected chi connectivity index (χ1v) is 12.9. The Morgan fingerprint density at radius 1 is 0.925 bits per heavy atom. The number of benzene rings is 1.